The number of benzene rings is 1. The van der Waals surface area contributed by atoms with Gasteiger partial charge in [-0.25, -0.2) is 0 Å². The Kier molecular flexibility index (Phi) is 4.99. The van der Waals surface area contributed by atoms with Crippen LogP contribution in [0, 0.1) is 5.41 Å². The van der Waals surface area contributed by atoms with Crippen LogP contribution in [0.2, 0.25) is 0 Å². The molecule has 0 saturated heterocycles. The predicted octanol–water partition coefficient (Wildman–Crippen LogP) is 2.77. The molecule has 1 aliphatic rings. The van der Waals surface area contributed by atoms with E-state index in [0.717, 1.165) is 31.0 Å². The Hall–Kier alpha value is -2.02. The van der Waals surface area contributed by atoms with Gasteiger partial charge in [0.05, 0.1) is 17.7 Å². The first kappa shape index (κ1) is 17.3. The number of alkyl halides is 3. The van der Waals surface area contributed by atoms with Crippen LogP contribution >= 0.6 is 0 Å². The molecule has 0 aromatic heterocycles. The molecule has 2 N–H and O–H groups in total. The molecule has 1 fully saturated rings. The molecule has 0 heterocycles. The normalized spacial score (nSPS) is 15.8. The summed E-state index contributed by atoms with van der Waals surface area (Å²) in [5.41, 5.74) is -1.44. The summed E-state index contributed by atoms with van der Waals surface area (Å²) in [6.45, 7) is 3.70. The zero-order valence-corrected chi connectivity index (χ0v) is 12.4. The van der Waals surface area contributed by atoms with E-state index < -0.39 is 17.6 Å². The van der Waals surface area contributed by atoms with Gasteiger partial charge in [-0.05, 0) is 31.0 Å². The third-order valence-electron chi connectivity index (χ3n) is 3.82. The van der Waals surface area contributed by atoms with Crippen molar-refractivity contribution in [3.8, 4) is 5.75 Å². The molecular weight excluding hydrogens is 311 g/mol. The monoisotopic (exact) mass is 329 g/mol. The molecule has 23 heavy (non-hydrogen) atoms. The van der Waals surface area contributed by atoms with Gasteiger partial charge in [0, 0.05) is 12.0 Å². The topological polar surface area (TPSA) is 58.6 Å². The molecule has 1 saturated carbocycles. The number of rotatable bonds is 7. The van der Waals surface area contributed by atoms with Gasteiger partial charge < -0.3 is 15.2 Å². The van der Waals surface area contributed by atoms with Crippen LogP contribution in [0.5, 0.6) is 5.75 Å². The molecule has 0 spiro atoms. The molecule has 0 aliphatic heterocycles. The maximum absolute atomic E-state index is 12.8. The molecule has 1 amide bonds. The first-order valence-corrected chi connectivity index (χ1v) is 7.15. The second-order valence-corrected chi connectivity index (χ2v) is 5.65. The number of ether oxygens (including phenoxy) is 1. The first-order valence-electron chi connectivity index (χ1n) is 7.15. The van der Waals surface area contributed by atoms with E-state index in [1.54, 1.807) is 0 Å². The summed E-state index contributed by atoms with van der Waals surface area (Å²) < 4.78 is 43.8. The number of hydrogen-bond donors (Lipinski definition) is 2. The Balaban J connectivity index is 2.21. The summed E-state index contributed by atoms with van der Waals surface area (Å²) in [6, 6.07) is 2.76. The van der Waals surface area contributed by atoms with Crippen LogP contribution in [-0.2, 0) is 6.18 Å². The van der Waals surface area contributed by atoms with Crippen molar-refractivity contribution in [3.05, 3.63) is 42.0 Å². The van der Waals surface area contributed by atoms with E-state index in [0.29, 0.717) is 0 Å². The van der Waals surface area contributed by atoms with E-state index in [-0.39, 0.29) is 36.5 Å². The van der Waals surface area contributed by atoms with Crippen molar-refractivity contribution >= 4 is 5.91 Å². The highest BCUT2D eigenvalue weighted by atomic mass is 19.4. The van der Waals surface area contributed by atoms with Gasteiger partial charge in [-0.2, -0.15) is 13.2 Å². The largest absolute Gasteiger partial charge is 0.489 e. The lowest BCUT2D eigenvalue weighted by Crippen LogP contribution is -2.32. The van der Waals surface area contributed by atoms with Gasteiger partial charge in [0.25, 0.3) is 5.91 Å². The Labute approximate surface area is 132 Å². The minimum atomic E-state index is -4.55. The van der Waals surface area contributed by atoms with Crippen LogP contribution in [0.15, 0.2) is 30.9 Å². The zero-order valence-electron chi connectivity index (χ0n) is 12.4. The molecule has 7 heteroatoms. The molecule has 1 aliphatic carbocycles. The maximum atomic E-state index is 12.8. The van der Waals surface area contributed by atoms with Gasteiger partial charge >= 0.3 is 6.18 Å². The van der Waals surface area contributed by atoms with E-state index in [4.69, 9.17) is 4.74 Å². The van der Waals surface area contributed by atoms with Crippen molar-refractivity contribution in [3.63, 3.8) is 0 Å². The second-order valence-electron chi connectivity index (χ2n) is 5.65. The molecule has 4 nitrogen and oxygen atoms in total. The molecule has 0 unspecified atom stereocenters. The lowest BCUT2D eigenvalue weighted by molar-refractivity contribution is -0.137. The number of amides is 1. The maximum Gasteiger partial charge on any atom is 0.416 e. The van der Waals surface area contributed by atoms with Crippen molar-refractivity contribution < 1.29 is 27.8 Å². The van der Waals surface area contributed by atoms with E-state index in [1.807, 2.05) is 0 Å². The minimum Gasteiger partial charge on any atom is -0.489 e. The van der Waals surface area contributed by atoms with Gasteiger partial charge in [-0.1, -0.05) is 12.7 Å². The summed E-state index contributed by atoms with van der Waals surface area (Å²) in [5.74, 6) is -0.598. The molecule has 0 atom stereocenters. The van der Waals surface area contributed by atoms with Crippen LogP contribution in [-0.4, -0.2) is 30.8 Å². The highest BCUT2D eigenvalue weighted by Gasteiger charge is 2.42. The van der Waals surface area contributed by atoms with Crippen molar-refractivity contribution in [2.75, 3.05) is 19.8 Å². The average Bonchev–Trinajstić information content (AvgIpc) is 3.30. The molecule has 1 aromatic carbocycles. The van der Waals surface area contributed by atoms with Gasteiger partial charge in [-0.15, -0.1) is 0 Å². The minimum absolute atomic E-state index is 0.0595. The molecule has 2 rings (SSSR count). The summed E-state index contributed by atoms with van der Waals surface area (Å²) in [7, 11) is 0. The number of aliphatic hydroxyl groups is 1. The zero-order chi connectivity index (χ0) is 17.1. The van der Waals surface area contributed by atoms with E-state index >= 15 is 0 Å². The summed E-state index contributed by atoms with van der Waals surface area (Å²) in [5, 5.41) is 11.8. The fraction of sp³-hybridized carbons (Fsp3) is 0.438. The third-order valence-corrected chi connectivity index (χ3v) is 3.82. The van der Waals surface area contributed by atoms with Crippen molar-refractivity contribution in [1.29, 1.82) is 0 Å². The quantitative estimate of drug-likeness (QED) is 0.756. The van der Waals surface area contributed by atoms with Crippen LogP contribution in [0.25, 0.3) is 0 Å². The second kappa shape index (κ2) is 6.62. The molecule has 0 radical (unpaired) electrons. The Morgan fingerprint density at radius 1 is 1.43 bits per heavy atom. The lowest BCUT2D eigenvalue weighted by Gasteiger charge is -2.16. The van der Waals surface area contributed by atoms with Crippen molar-refractivity contribution in [1.82, 2.24) is 5.32 Å². The number of carbonyl (C=O) groups excluding carboxylic acids is 1. The molecular formula is C16H18F3NO3. The van der Waals surface area contributed by atoms with E-state index in [2.05, 4.69) is 11.9 Å². The molecule has 126 valence electrons. The van der Waals surface area contributed by atoms with E-state index in [1.165, 1.54) is 6.08 Å². The Morgan fingerprint density at radius 2 is 2.13 bits per heavy atom. The third kappa shape index (κ3) is 4.25. The van der Waals surface area contributed by atoms with Gasteiger partial charge in [-0.3, -0.25) is 4.79 Å². The number of halogens is 3. The molecule has 0 bridgehead atoms. The number of aliphatic hydroxyl groups excluding tert-OH is 1. The van der Waals surface area contributed by atoms with Crippen LogP contribution < -0.4 is 10.1 Å². The standard InChI is InChI=1S/C16H18F3NO3/c1-2-7-23-13-4-3-11(16(17,18)19)8-12(13)14(22)20-9-15(10-21)5-6-15/h2-4,8,21H,1,5-7,9-10H2,(H,20,22). The highest BCUT2D eigenvalue weighted by molar-refractivity contribution is 5.97. The van der Waals surface area contributed by atoms with Gasteiger partial charge in [0.2, 0.25) is 0 Å². The van der Waals surface area contributed by atoms with Crippen LogP contribution in [0.3, 0.4) is 0 Å². The number of nitrogens with one attached hydrogen (secondary N) is 1. The fourth-order valence-electron chi connectivity index (χ4n) is 2.09. The Bertz CT molecular complexity index is 595. The summed E-state index contributed by atoms with van der Waals surface area (Å²) >= 11 is 0. The average molecular weight is 329 g/mol. The lowest BCUT2D eigenvalue weighted by atomic mass is 10.1. The SMILES string of the molecule is C=CCOc1ccc(C(F)(F)F)cc1C(=O)NCC1(CO)CC1. The van der Waals surface area contributed by atoms with Crippen molar-refractivity contribution in [2.45, 2.75) is 19.0 Å². The van der Waals surface area contributed by atoms with Gasteiger partial charge in [0.15, 0.2) is 0 Å². The first-order chi connectivity index (χ1) is 10.8. The molecule has 1 aromatic rings. The summed E-state index contributed by atoms with van der Waals surface area (Å²) in [6.07, 6.45) is -1.54. The number of hydrogen-bond acceptors (Lipinski definition) is 3. The summed E-state index contributed by atoms with van der Waals surface area (Å²) in [4.78, 5) is 12.2. The number of carbonyl (C=O) groups is 1. The van der Waals surface area contributed by atoms with Crippen molar-refractivity contribution in [2.24, 2.45) is 5.41 Å². The smallest absolute Gasteiger partial charge is 0.416 e. The highest BCUT2D eigenvalue weighted by Crippen LogP contribution is 2.44. The fourth-order valence-corrected chi connectivity index (χ4v) is 2.09. The Morgan fingerprint density at radius 3 is 2.65 bits per heavy atom. The van der Waals surface area contributed by atoms with Crippen LogP contribution in [0.4, 0.5) is 13.2 Å². The predicted molar refractivity (Wildman–Crippen MR) is 78.2 cm³/mol. The van der Waals surface area contributed by atoms with Crippen LogP contribution in [0.1, 0.15) is 28.8 Å². The van der Waals surface area contributed by atoms with E-state index in [9.17, 15) is 23.1 Å². The van der Waals surface area contributed by atoms with Gasteiger partial charge in [0.1, 0.15) is 12.4 Å².